The van der Waals surface area contributed by atoms with Crippen molar-refractivity contribution in [3.8, 4) is 5.75 Å². The van der Waals surface area contributed by atoms with Crippen molar-refractivity contribution in [3.05, 3.63) is 64.7 Å². The maximum atomic E-state index is 6.25. The van der Waals surface area contributed by atoms with Crippen molar-refractivity contribution in [1.29, 1.82) is 0 Å². The molecule has 1 unspecified atom stereocenters. The third kappa shape index (κ3) is 5.07. The highest BCUT2D eigenvalue weighted by atomic mass is 35.5. The lowest BCUT2D eigenvalue weighted by Gasteiger charge is -2.14. The van der Waals surface area contributed by atoms with E-state index in [-0.39, 0.29) is 6.04 Å². The van der Waals surface area contributed by atoms with Gasteiger partial charge in [-0.05, 0) is 43.9 Å². The van der Waals surface area contributed by atoms with Crippen LogP contribution in [0.3, 0.4) is 0 Å². The lowest BCUT2D eigenvalue weighted by molar-refractivity contribution is 0.307. The average Bonchev–Trinajstić information content (AvgIpc) is 2.47. The van der Waals surface area contributed by atoms with E-state index in [1.807, 2.05) is 31.2 Å². The van der Waals surface area contributed by atoms with Gasteiger partial charge in [-0.15, -0.1) is 0 Å². The number of hydrogen-bond donors (Lipinski definition) is 1. The van der Waals surface area contributed by atoms with E-state index >= 15 is 0 Å². The van der Waals surface area contributed by atoms with Gasteiger partial charge < -0.3 is 10.5 Å². The molecule has 2 nitrogen and oxygen atoms in total. The Morgan fingerprint density at radius 1 is 1.10 bits per heavy atom. The van der Waals surface area contributed by atoms with Crippen LogP contribution >= 0.6 is 11.6 Å². The van der Waals surface area contributed by atoms with E-state index in [0.29, 0.717) is 6.61 Å². The molecule has 2 rings (SSSR count). The lowest BCUT2D eigenvalue weighted by Crippen LogP contribution is -2.18. The van der Waals surface area contributed by atoms with E-state index in [0.717, 1.165) is 35.6 Å². The van der Waals surface area contributed by atoms with Gasteiger partial charge in [-0.3, -0.25) is 0 Å². The van der Waals surface area contributed by atoms with Gasteiger partial charge in [-0.25, -0.2) is 0 Å². The average molecular weight is 304 g/mol. The fourth-order valence-corrected chi connectivity index (χ4v) is 2.54. The van der Waals surface area contributed by atoms with Gasteiger partial charge in [0.05, 0.1) is 6.61 Å². The van der Waals surface area contributed by atoms with Crippen molar-refractivity contribution in [2.45, 2.75) is 32.2 Å². The summed E-state index contributed by atoms with van der Waals surface area (Å²) in [4.78, 5) is 0. The van der Waals surface area contributed by atoms with Gasteiger partial charge in [0.25, 0.3) is 0 Å². The second kappa shape index (κ2) is 8.06. The van der Waals surface area contributed by atoms with Crippen LogP contribution in [-0.4, -0.2) is 12.6 Å². The summed E-state index contributed by atoms with van der Waals surface area (Å²) in [6.07, 6.45) is 2.73. The molecule has 21 heavy (non-hydrogen) atoms. The van der Waals surface area contributed by atoms with Crippen LogP contribution in [0.5, 0.6) is 5.75 Å². The maximum absolute atomic E-state index is 6.25. The van der Waals surface area contributed by atoms with Crippen molar-refractivity contribution < 1.29 is 4.74 Å². The minimum absolute atomic E-state index is 0.0663. The Labute approximate surface area is 131 Å². The summed E-state index contributed by atoms with van der Waals surface area (Å²) < 4.78 is 5.90. The largest absolute Gasteiger partial charge is 0.493 e. The second-order valence-electron chi connectivity index (χ2n) is 5.34. The maximum Gasteiger partial charge on any atom is 0.124 e. The van der Waals surface area contributed by atoms with Gasteiger partial charge >= 0.3 is 0 Å². The number of ether oxygens (including phenoxy) is 1. The normalized spacial score (nSPS) is 12.1. The SMILES string of the molecule is CC(N)Cc1c(Cl)cccc1OCCCc1ccccc1. The van der Waals surface area contributed by atoms with Crippen molar-refractivity contribution in [3.63, 3.8) is 0 Å². The second-order valence-corrected chi connectivity index (χ2v) is 5.74. The summed E-state index contributed by atoms with van der Waals surface area (Å²) in [5.41, 5.74) is 8.22. The Balaban J connectivity index is 1.89. The molecule has 0 heterocycles. The van der Waals surface area contributed by atoms with Crippen molar-refractivity contribution in [1.82, 2.24) is 0 Å². The fraction of sp³-hybridized carbons (Fsp3) is 0.333. The van der Waals surface area contributed by atoms with Gasteiger partial charge in [-0.1, -0.05) is 48.0 Å². The predicted octanol–water partition coefficient (Wildman–Crippen LogP) is 4.24. The molecule has 2 aromatic carbocycles. The van der Waals surface area contributed by atoms with Crippen molar-refractivity contribution in [2.75, 3.05) is 6.61 Å². The lowest BCUT2D eigenvalue weighted by atomic mass is 10.1. The monoisotopic (exact) mass is 303 g/mol. The molecule has 0 aliphatic carbocycles. The third-order valence-corrected chi connectivity index (χ3v) is 3.67. The van der Waals surface area contributed by atoms with E-state index in [1.165, 1.54) is 5.56 Å². The van der Waals surface area contributed by atoms with E-state index < -0.39 is 0 Å². The highest BCUT2D eigenvalue weighted by Crippen LogP contribution is 2.27. The first-order valence-electron chi connectivity index (χ1n) is 7.36. The molecule has 0 aromatic heterocycles. The van der Waals surface area contributed by atoms with Crippen LogP contribution in [0.2, 0.25) is 5.02 Å². The van der Waals surface area contributed by atoms with Crippen LogP contribution in [0.1, 0.15) is 24.5 Å². The zero-order valence-corrected chi connectivity index (χ0v) is 13.1. The van der Waals surface area contributed by atoms with Gasteiger partial charge in [0, 0.05) is 16.6 Å². The summed E-state index contributed by atoms with van der Waals surface area (Å²) in [6.45, 7) is 2.66. The summed E-state index contributed by atoms with van der Waals surface area (Å²) in [5.74, 6) is 0.855. The van der Waals surface area contributed by atoms with Crippen molar-refractivity contribution in [2.24, 2.45) is 5.73 Å². The summed E-state index contributed by atoms with van der Waals surface area (Å²) in [7, 11) is 0. The molecule has 0 saturated carbocycles. The molecule has 0 bridgehead atoms. The van der Waals surface area contributed by atoms with Gasteiger partial charge in [0.2, 0.25) is 0 Å². The van der Waals surface area contributed by atoms with E-state index in [9.17, 15) is 0 Å². The molecule has 0 saturated heterocycles. The number of rotatable bonds is 7. The molecule has 0 amide bonds. The molecular weight excluding hydrogens is 282 g/mol. The quantitative estimate of drug-likeness (QED) is 0.776. The van der Waals surface area contributed by atoms with Gasteiger partial charge in [0.15, 0.2) is 0 Å². The van der Waals surface area contributed by atoms with Crippen LogP contribution in [0, 0.1) is 0 Å². The number of benzene rings is 2. The first-order valence-corrected chi connectivity index (χ1v) is 7.74. The number of aryl methyl sites for hydroxylation is 1. The van der Waals surface area contributed by atoms with Crippen LogP contribution in [0.25, 0.3) is 0 Å². The number of nitrogens with two attached hydrogens (primary N) is 1. The molecule has 1 atom stereocenters. The smallest absolute Gasteiger partial charge is 0.124 e. The molecule has 3 heteroatoms. The van der Waals surface area contributed by atoms with E-state index in [4.69, 9.17) is 22.1 Å². The van der Waals surface area contributed by atoms with E-state index in [1.54, 1.807) is 0 Å². The fourth-order valence-electron chi connectivity index (χ4n) is 2.30. The Morgan fingerprint density at radius 3 is 2.57 bits per heavy atom. The summed E-state index contributed by atoms with van der Waals surface area (Å²) in [6, 6.07) is 16.3. The highest BCUT2D eigenvalue weighted by Gasteiger charge is 2.10. The summed E-state index contributed by atoms with van der Waals surface area (Å²) in [5, 5.41) is 0.729. The molecule has 0 spiro atoms. The summed E-state index contributed by atoms with van der Waals surface area (Å²) >= 11 is 6.25. The molecule has 2 aromatic rings. The number of hydrogen-bond acceptors (Lipinski definition) is 2. The predicted molar refractivity (Wildman–Crippen MR) is 89.1 cm³/mol. The molecule has 0 fully saturated rings. The van der Waals surface area contributed by atoms with Gasteiger partial charge in [-0.2, -0.15) is 0 Å². The van der Waals surface area contributed by atoms with E-state index in [2.05, 4.69) is 24.3 Å². The zero-order valence-electron chi connectivity index (χ0n) is 12.4. The Kier molecular flexibility index (Phi) is 6.09. The van der Waals surface area contributed by atoms with Crippen LogP contribution < -0.4 is 10.5 Å². The molecule has 0 aliphatic rings. The standard InChI is InChI=1S/C18H22ClNO/c1-14(20)13-16-17(19)10-5-11-18(16)21-12-6-9-15-7-3-2-4-8-15/h2-5,7-8,10-11,14H,6,9,12-13,20H2,1H3. The Morgan fingerprint density at radius 2 is 1.86 bits per heavy atom. The molecule has 0 aliphatic heterocycles. The molecule has 0 radical (unpaired) electrons. The number of halogens is 1. The Bertz CT molecular complexity index is 554. The highest BCUT2D eigenvalue weighted by molar-refractivity contribution is 6.31. The molecular formula is C18H22ClNO. The minimum atomic E-state index is 0.0663. The first kappa shape index (κ1) is 15.9. The minimum Gasteiger partial charge on any atom is -0.493 e. The topological polar surface area (TPSA) is 35.2 Å². The van der Waals surface area contributed by atoms with Crippen molar-refractivity contribution >= 4 is 11.6 Å². The van der Waals surface area contributed by atoms with Crippen LogP contribution in [0.15, 0.2) is 48.5 Å². The molecule has 112 valence electrons. The Hall–Kier alpha value is -1.51. The third-order valence-electron chi connectivity index (χ3n) is 3.31. The van der Waals surface area contributed by atoms with Gasteiger partial charge in [0.1, 0.15) is 5.75 Å². The van der Waals surface area contributed by atoms with Crippen LogP contribution in [0.4, 0.5) is 0 Å². The first-order chi connectivity index (χ1) is 10.2. The van der Waals surface area contributed by atoms with Crippen LogP contribution in [-0.2, 0) is 12.8 Å². The molecule has 2 N–H and O–H groups in total. The zero-order chi connectivity index (χ0) is 15.1.